The molecule has 0 bridgehead atoms. The van der Waals surface area contributed by atoms with Crippen molar-refractivity contribution in [3.8, 4) is 0 Å². The van der Waals surface area contributed by atoms with Gasteiger partial charge in [0.05, 0.1) is 5.41 Å². The molecule has 1 aromatic rings. The van der Waals surface area contributed by atoms with Crippen LogP contribution in [0.15, 0.2) is 24.3 Å². The van der Waals surface area contributed by atoms with Crippen LogP contribution in [0.3, 0.4) is 0 Å². The monoisotopic (exact) mass is 286 g/mol. The topological polar surface area (TPSA) is 49.4 Å². The number of likely N-dealkylation sites (tertiary alicyclic amines) is 1. The highest BCUT2D eigenvalue weighted by molar-refractivity contribution is 5.94. The highest BCUT2D eigenvalue weighted by Crippen LogP contribution is 2.38. The zero-order valence-corrected chi connectivity index (χ0v) is 12.5. The summed E-state index contributed by atoms with van der Waals surface area (Å²) in [5.74, 6) is 0.279. The Balaban J connectivity index is 1.73. The highest BCUT2D eigenvalue weighted by Gasteiger charge is 2.43. The van der Waals surface area contributed by atoms with Crippen LogP contribution in [0.5, 0.6) is 0 Å². The maximum Gasteiger partial charge on any atom is 0.253 e. The first kappa shape index (κ1) is 14.1. The van der Waals surface area contributed by atoms with Crippen LogP contribution in [0.2, 0.25) is 0 Å². The molecule has 1 spiro atoms. The largest absolute Gasteiger partial charge is 0.356 e. The second-order valence-corrected chi connectivity index (χ2v) is 6.30. The number of hydrogen-bond acceptors (Lipinski definition) is 2. The molecule has 21 heavy (non-hydrogen) atoms. The SMILES string of the molecule is Cc1cccc(C(=O)N2CCC[C@@]3(CCNC3=O)CC2)c1. The van der Waals surface area contributed by atoms with Crippen LogP contribution in [0.1, 0.15) is 41.6 Å². The van der Waals surface area contributed by atoms with Gasteiger partial charge in [0, 0.05) is 25.2 Å². The molecule has 112 valence electrons. The molecule has 2 amide bonds. The Hall–Kier alpha value is -1.84. The van der Waals surface area contributed by atoms with Gasteiger partial charge < -0.3 is 10.2 Å². The summed E-state index contributed by atoms with van der Waals surface area (Å²) >= 11 is 0. The zero-order chi connectivity index (χ0) is 14.9. The number of carbonyl (C=O) groups excluding carboxylic acids is 2. The van der Waals surface area contributed by atoms with Crippen molar-refractivity contribution in [3.05, 3.63) is 35.4 Å². The van der Waals surface area contributed by atoms with Crippen molar-refractivity contribution in [3.63, 3.8) is 0 Å². The molecule has 0 saturated carbocycles. The first-order valence-electron chi connectivity index (χ1n) is 7.75. The Labute approximate surface area is 125 Å². The maximum absolute atomic E-state index is 12.6. The number of benzene rings is 1. The predicted molar refractivity (Wildman–Crippen MR) is 81.0 cm³/mol. The van der Waals surface area contributed by atoms with Crippen molar-refractivity contribution in [1.29, 1.82) is 0 Å². The van der Waals surface area contributed by atoms with Crippen LogP contribution in [-0.4, -0.2) is 36.3 Å². The van der Waals surface area contributed by atoms with E-state index in [9.17, 15) is 9.59 Å². The molecule has 2 fully saturated rings. The summed E-state index contributed by atoms with van der Waals surface area (Å²) in [4.78, 5) is 26.6. The smallest absolute Gasteiger partial charge is 0.253 e. The number of nitrogens with one attached hydrogen (secondary N) is 1. The highest BCUT2D eigenvalue weighted by atomic mass is 16.2. The Morgan fingerprint density at radius 2 is 2.10 bits per heavy atom. The van der Waals surface area contributed by atoms with Gasteiger partial charge in [-0.05, 0) is 44.7 Å². The van der Waals surface area contributed by atoms with Crippen molar-refractivity contribution in [2.45, 2.75) is 32.6 Å². The van der Waals surface area contributed by atoms with E-state index in [1.807, 2.05) is 36.1 Å². The first-order valence-corrected chi connectivity index (χ1v) is 7.75. The Kier molecular flexibility index (Phi) is 3.70. The Bertz CT molecular complexity index is 570. The number of amides is 2. The van der Waals surface area contributed by atoms with E-state index in [1.54, 1.807) is 0 Å². The lowest BCUT2D eigenvalue weighted by Crippen LogP contribution is -2.35. The molecule has 1 aromatic carbocycles. The Morgan fingerprint density at radius 3 is 2.81 bits per heavy atom. The lowest BCUT2D eigenvalue weighted by atomic mass is 9.79. The summed E-state index contributed by atoms with van der Waals surface area (Å²) in [5.41, 5.74) is 1.63. The van der Waals surface area contributed by atoms with Gasteiger partial charge in [-0.1, -0.05) is 17.7 Å². The van der Waals surface area contributed by atoms with Crippen molar-refractivity contribution in [1.82, 2.24) is 10.2 Å². The van der Waals surface area contributed by atoms with Crippen LogP contribution in [0.25, 0.3) is 0 Å². The van der Waals surface area contributed by atoms with Gasteiger partial charge in [0.25, 0.3) is 5.91 Å². The summed E-state index contributed by atoms with van der Waals surface area (Å²) in [7, 11) is 0. The van der Waals surface area contributed by atoms with Crippen molar-refractivity contribution < 1.29 is 9.59 Å². The van der Waals surface area contributed by atoms with Gasteiger partial charge in [-0.3, -0.25) is 9.59 Å². The number of hydrogen-bond donors (Lipinski definition) is 1. The molecule has 1 atom stereocenters. The molecule has 0 radical (unpaired) electrons. The lowest BCUT2D eigenvalue weighted by Gasteiger charge is -2.24. The second kappa shape index (κ2) is 5.51. The number of aryl methyl sites for hydroxylation is 1. The van der Waals surface area contributed by atoms with Gasteiger partial charge in [-0.2, -0.15) is 0 Å². The number of carbonyl (C=O) groups is 2. The lowest BCUT2D eigenvalue weighted by molar-refractivity contribution is -0.128. The minimum Gasteiger partial charge on any atom is -0.356 e. The molecule has 0 aliphatic carbocycles. The summed E-state index contributed by atoms with van der Waals surface area (Å²) in [6.07, 6.45) is 3.51. The molecule has 2 heterocycles. The van der Waals surface area contributed by atoms with E-state index in [4.69, 9.17) is 0 Å². The van der Waals surface area contributed by atoms with Gasteiger partial charge in [0.2, 0.25) is 5.91 Å². The fraction of sp³-hybridized carbons (Fsp3) is 0.529. The van der Waals surface area contributed by atoms with E-state index in [-0.39, 0.29) is 17.2 Å². The van der Waals surface area contributed by atoms with Crippen molar-refractivity contribution >= 4 is 11.8 Å². The van der Waals surface area contributed by atoms with Crippen LogP contribution in [0, 0.1) is 12.3 Å². The summed E-state index contributed by atoms with van der Waals surface area (Å²) in [6.45, 7) is 4.21. The zero-order valence-electron chi connectivity index (χ0n) is 12.5. The van der Waals surface area contributed by atoms with E-state index in [0.717, 1.165) is 49.9 Å². The molecular formula is C17H22N2O2. The first-order chi connectivity index (χ1) is 10.1. The van der Waals surface area contributed by atoms with E-state index >= 15 is 0 Å². The molecule has 2 saturated heterocycles. The minimum atomic E-state index is -0.221. The third kappa shape index (κ3) is 2.67. The van der Waals surface area contributed by atoms with Gasteiger partial charge in [-0.25, -0.2) is 0 Å². The molecule has 0 aromatic heterocycles. The summed E-state index contributed by atoms with van der Waals surface area (Å²) in [5, 5.41) is 2.95. The Morgan fingerprint density at radius 1 is 1.24 bits per heavy atom. The second-order valence-electron chi connectivity index (χ2n) is 6.30. The van der Waals surface area contributed by atoms with Crippen LogP contribution < -0.4 is 5.32 Å². The fourth-order valence-corrected chi connectivity index (χ4v) is 3.55. The maximum atomic E-state index is 12.6. The van der Waals surface area contributed by atoms with Gasteiger partial charge in [0.15, 0.2) is 0 Å². The van der Waals surface area contributed by atoms with E-state index in [1.165, 1.54) is 0 Å². The molecular weight excluding hydrogens is 264 g/mol. The molecule has 1 N–H and O–H groups in total. The van der Waals surface area contributed by atoms with E-state index in [2.05, 4.69) is 5.32 Å². The van der Waals surface area contributed by atoms with Crippen molar-refractivity contribution in [2.75, 3.05) is 19.6 Å². The molecule has 0 unspecified atom stereocenters. The standard InChI is InChI=1S/C17H22N2O2/c1-13-4-2-5-14(12-13)15(20)19-10-3-6-17(8-11-19)7-9-18-16(17)21/h2,4-5,12H,3,6-11H2,1H3,(H,18,21)/t17-/m1/s1. The molecule has 4 heteroatoms. The molecule has 3 rings (SSSR count). The minimum absolute atomic E-state index is 0.0918. The van der Waals surface area contributed by atoms with Gasteiger partial charge in [-0.15, -0.1) is 0 Å². The van der Waals surface area contributed by atoms with Gasteiger partial charge in [0.1, 0.15) is 0 Å². The molecule has 2 aliphatic rings. The number of rotatable bonds is 1. The normalized spacial score (nSPS) is 25.8. The predicted octanol–water partition coefficient (Wildman–Crippen LogP) is 2.13. The third-order valence-corrected chi connectivity index (χ3v) is 4.87. The van der Waals surface area contributed by atoms with E-state index in [0.29, 0.717) is 6.54 Å². The van der Waals surface area contributed by atoms with Gasteiger partial charge >= 0.3 is 0 Å². The van der Waals surface area contributed by atoms with E-state index < -0.39 is 0 Å². The third-order valence-electron chi connectivity index (χ3n) is 4.87. The summed E-state index contributed by atoms with van der Waals surface area (Å²) in [6, 6.07) is 7.73. The molecule has 2 aliphatic heterocycles. The fourth-order valence-electron chi connectivity index (χ4n) is 3.55. The molecule has 4 nitrogen and oxygen atoms in total. The quantitative estimate of drug-likeness (QED) is 0.860. The van der Waals surface area contributed by atoms with Crippen LogP contribution in [0.4, 0.5) is 0 Å². The number of nitrogens with zero attached hydrogens (tertiary/aromatic N) is 1. The van der Waals surface area contributed by atoms with Crippen LogP contribution >= 0.6 is 0 Å². The average molecular weight is 286 g/mol. The van der Waals surface area contributed by atoms with Crippen LogP contribution in [-0.2, 0) is 4.79 Å². The summed E-state index contributed by atoms with van der Waals surface area (Å²) < 4.78 is 0. The average Bonchev–Trinajstić information content (AvgIpc) is 2.71. The van der Waals surface area contributed by atoms with Crippen molar-refractivity contribution in [2.24, 2.45) is 5.41 Å².